The summed E-state index contributed by atoms with van der Waals surface area (Å²) >= 11 is 0. The minimum Gasteiger partial charge on any atom is -0.368 e. The molecule has 0 fully saturated rings. The Morgan fingerprint density at radius 3 is 2.12 bits per heavy atom. The number of nitrogens with two attached hydrogens (primary N) is 1. The van der Waals surface area contributed by atoms with Crippen LogP contribution < -0.4 is 16.4 Å². The van der Waals surface area contributed by atoms with Crippen LogP contribution in [0.15, 0.2) is 48.5 Å². The minimum atomic E-state index is -0.613. The van der Waals surface area contributed by atoms with Gasteiger partial charge < -0.3 is 16.4 Å². The summed E-state index contributed by atoms with van der Waals surface area (Å²) in [4.78, 5) is 34.3. The summed E-state index contributed by atoms with van der Waals surface area (Å²) in [5.41, 5.74) is 7.10. The van der Waals surface area contributed by atoms with Crippen LogP contribution in [0.4, 0.5) is 4.39 Å². The Kier molecular flexibility index (Phi) is 6.84. The van der Waals surface area contributed by atoms with Gasteiger partial charge in [-0.25, -0.2) is 4.39 Å². The summed E-state index contributed by atoms with van der Waals surface area (Å²) in [5.74, 6) is -1.42. The number of halogens is 1. The van der Waals surface area contributed by atoms with Crippen molar-refractivity contribution in [3.63, 3.8) is 0 Å². The van der Waals surface area contributed by atoms with Gasteiger partial charge in [-0.05, 0) is 41.8 Å². The highest BCUT2D eigenvalue weighted by atomic mass is 19.1. The second kappa shape index (κ2) is 9.31. The zero-order valence-electron chi connectivity index (χ0n) is 14.1. The molecular formula is C19H20FN3O3. The van der Waals surface area contributed by atoms with E-state index in [0.717, 1.165) is 11.1 Å². The van der Waals surface area contributed by atoms with Crippen LogP contribution in [0.1, 0.15) is 27.9 Å². The second-order valence-corrected chi connectivity index (χ2v) is 5.75. The molecule has 6 nitrogen and oxygen atoms in total. The van der Waals surface area contributed by atoms with Crippen LogP contribution in [0.5, 0.6) is 0 Å². The van der Waals surface area contributed by atoms with Crippen LogP contribution in [0, 0.1) is 5.82 Å². The first kappa shape index (κ1) is 19.1. The first-order valence-corrected chi connectivity index (χ1v) is 8.10. The predicted molar refractivity (Wildman–Crippen MR) is 94.5 cm³/mol. The van der Waals surface area contributed by atoms with E-state index in [2.05, 4.69) is 10.6 Å². The maximum absolute atomic E-state index is 12.8. The molecule has 0 radical (unpaired) electrons. The average Bonchev–Trinajstić information content (AvgIpc) is 2.64. The van der Waals surface area contributed by atoms with Gasteiger partial charge in [-0.3, -0.25) is 14.4 Å². The zero-order valence-corrected chi connectivity index (χ0v) is 14.1. The number of carbonyl (C=O) groups excluding carboxylic acids is 3. The van der Waals surface area contributed by atoms with Crippen molar-refractivity contribution in [2.45, 2.75) is 19.4 Å². The third kappa shape index (κ3) is 6.35. The molecule has 136 valence electrons. The molecule has 0 bridgehead atoms. The van der Waals surface area contributed by atoms with Crippen molar-refractivity contribution < 1.29 is 18.8 Å². The molecular weight excluding hydrogens is 337 g/mol. The highest BCUT2D eigenvalue weighted by molar-refractivity contribution is 5.96. The van der Waals surface area contributed by atoms with Crippen LogP contribution >= 0.6 is 0 Å². The molecule has 7 heteroatoms. The van der Waals surface area contributed by atoms with Crippen LogP contribution in [-0.4, -0.2) is 24.3 Å². The van der Waals surface area contributed by atoms with Crippen LogP contribution in [0.2, 0.25) is 0 Å². The quantitative estimate of drug-likeness (QED) is 0.663. The Morgan fingerprint density at radius 1 is 0.885 bits per heavy atom. The SMILES string of the molecule is NC(=O)CNC(=O)c1ccc(CNC(=O)CCc2ccc(F)cc2)cc1. The summed E-state index contributed by atoms with van der Waals surface area (Å²) in [7, 11) is 0. The van der Waals surface area contributed by atoms with Gasteiger partial charge in [-0.1, -0.05) is 24.3 Å². The summed E-state index contributed by atoms with van der Waals surface area (Å²) in [6.07, 6.45) is 0.838. The highest BCUT2D eigenvalue weighted by Crippen LogP contribution is 2.07. The van der Waals surface area contributed by atoms with E-state index in [4.69, 9.17) is 5.73 Å². The maximum atomic E-state index is 12.8. The van der Waals surface area contributed by atoms with Gasteiger partial charge in [0.15, 0.2) is 0 Å². The molecule has 0 unspecified atom stereocenters. The van der Waals surface area contributed by atoms with Gasteiger partial charge in [0.2, 0.25) is 11.8 Å². The fourth-order valence-corrected chi connectivity index (χ4v) is 2.24. The second-order valence-electron chi connectivity index (χ2n) is 5.75. The standard InChI is InChI=1S/C19H20FN3O3/c20-16-8-3-13(4-9-16)5-10-18(25)22-11-14-1-6-15(7-2-14)19(26)23-12-17(21)24/h1-4,6-9H,5,10-12H2,(H2,21,24)(H,22,25)(H,23,26). The van der Waals surface area contributed by atoms with Gasteiger partial charge in [0.05, 0.1) is 6.54 Å². The Hall–Kier alpha value is -3.22. The molecule has 2 rings (SSSR count). The monoisotopic (exact) mass is 357 g/mol. The first-order chi connectivity index (χ1) is 12.4. The molecule has 2 aromatic rings. The zero-order chi connectivity index (χ0) is 18.9. The van der Waals surface area contributed by atoms with Gasteiger partial charge in [0, 0.05) is 18.5 Å². The van der Waals surface area contributed by atoms with E-state index in [0.29, 0.717) is 24.9 Å². The number of benzene rings is 2. The Labute approximate surface area is 150 Å². The van der Waals surface area contributed by atoms with Crippen LogP contribution in [0.25, 0.3) is 0 Å². The summed E-state index contributed by atoms with van der Waals surface area (Å²) in [6, 6.07) is 12.7. The van der Waals surface area contributed by atoms with Crippen molar-refractivity contribution in [3.05, 3.63) is 71.0 Å². The van der Waals surface area contributed by atoms with Crippen molar-refractivity contribution in [1.29, 1.82) is 0 Å². The fraction of sp³-hybridized carbons (Fsp3) is 0.211. The Morgan fingerprint density at radius 2 is 1.50 bits per heavy atom. The molecule has 4 N–H and O–H groups in total. The molecule has 0 aliphatic rings. The molecule has 0 atom stereocenters. The summed E-state index contributed by atoms with van der Waals surface area (Å²) in [6.45, 7) is 0.121. The van der Waals surface area contributed by atoms with Crippen molar-refractivity contribution in [2.24, 2.45) is 5.73 Å². The topological polar surface area (TPSA) is 101 Å². The lowest BCUT2D eigenvalue weighted by Gasteiger charge is -2.07. The molecule has 0 aliphatic carbocycles. The van der Waals surface area contributed by atoms with Crippen LogP contribution in [0.3, 0.4) is 0 Å². The van der Waals surface area contributed by atoms with Gasteiger partial charge in [0.1, 0.15) is 5.82 Å². The number of carbonyl (C=O) groups is 3. The third-order valence-corrected chi connectivity index (χ3v) is 3.68. The van der Waals surface area contributed by atoms with Crippen molar-refractivity contribution in [2.75, 3.05) is 6.54 Å². The molecule has 0 saturated heterocycles. The van der Waals surface area contributed by atoms with E-state index in [1.807, 2.05) is 0 Å². The van der Waals surface area contributed by atoms with Crippen molar-refractivity contribution in [3.8, 4) is 0 Å². The van der Waals surface area contributed by atoms with Crippen molar-refractivity contribution in [1.82, 2.24) is 10.6 Å². The molecule has 0 heterocycles. The number of hydrogen-bond acceptors (Lipinski definition) is 3. The van der Waals surface area contributed by atoms with E-state index < -0.39 is 11.8 Å². The lowest BCUT2D eigenvalue weighted by atomic mass is 10.1. The molecule has 0 spiro atoms. The summed E-state index contributed by atoms with van der Waals surface area (Å²) < 4.78 is 12.8. The molecule has 0 saturated carbocycles. The van der Waals surface area contributed by atoms with E-state index in [1.165, 1.54) is 12.1 Å². The number of hydrogen-bond donors (Lipinski definition) is 3. The van der Waals surface area contributed by atoms with Gasteiger partial charge >= 0.3 is 0 Å². The molecule has 26 heavy (non-hydrogen) atoms. The molecule has 0 aliphatic heterocycles. The minimum absolute atomic E-state index is 0.113. The normalized spacial score (nSPS) is 10.2. The van der Waals surface area contributed by atoms with Gasteiger partial charge in [-0.15, -0.1) is 0 Å². The number of rotatable bonds is 8. The third-order valence-electron chi connectivity index (χ3n) is 3.68. The van der Waals surface area contributed by atoms with E-state index in [-0.39, 0.29) is 18.3 Å². The Bertz CT molecular complexity index is 774. The first-order valence-electron chi connectivity index (χ1n) is 8.10. The molecule has 0 aromatic heterocycles. The number of aryl methyl sites for hydroxylation is 1. The smallest absolute Gasteiger partial charge is 0.251 e. The Balaban J connectivity index is 1.76. The molecule has 3 amide bonds. The number of amides is 3. The van der Waals surface area contributed by atoms with Gasteiger partial charge in [0.25, 0.3) is 5.91 Å². The van der Waals surface area contributed by atoms with Crippen LogP contribution in [-0.2, 0) is 22.6 Å². The lowest BCUT2D eigenvalue weighted by Crippen LogP contribution is -2.33. The average molecular weight is 357 g/mol. The number of nitrogens with one attached hydrogen (secondary N) is 2. The summed E-state index contributed by atoms with van der Waals surface area (Å²) in [5, 5.41) is 5.19. The van der Waals surface area contributed by atoms with E-state index >= 15 is 0 Å². The molecule has 2 aromatic carbocycles. The maximum Gasteiger partial charge on any atom is 0.251 e. The van der Waals surface area contributed by atoms with E-state index in [1.54, 1.807) is 36.4 Å². The fourth-order valence-electron chi connectivity index (χ4n) is 2.24. The number of primary amides is 1. The predicted octanol–water partition coefficient (Wildman–Crippen LogP) is 1.29. The largest absolute Gasteiger partial charge is 0.368 e. The highest BCUT2D eigenvalue weighted by Gasteiger charge is 2.07. The van der Waals surface area contributed by atoms with E-state index in [9.17, 15) is 18.8 Å². The van der Waals surface area contributed by atoms with Crippen molar-refractivity contribution >= 4 is 17.7 Å². The lowest BCUT2D eigenvalue weighted by molar-refractivity contribution is -0.121. The van der Waals surface area contributed by atoms with Gasteiger partial charge in [-0.2, -0.15) is 0 Å².